The van der Waals surface area contributed by atoms with Crippen molar-refractivity contribution in [3.8, 4) is 6.07 Å². The molecule has 2 aromatic rings. The van der Waals surface area contributed by atoms with Crippen LogP contribution in [-0.4, -0.2) is 16.5 Å². The number of aromatic nitrogens is 2. The van der Waals surface area contributed by atoms with Gasteiger partial charge < -0.3 is 10.6 Å². The van der Waals surface area contributed by atoms with Crippen LogP contribution in [0.4, 0.5) is 21.7 Å². The first-order valence-corrected chi connectivity index (χ1v) is 6.25. The summed E-state index contributed by atoms with van der Waals surface area (Å²) >= 11 is 0. The Morgan fingerprint density at radius 3 is 2.85 bits per heavy atom. The van der Waals surface area contributed by atoms with Gasteiger partial charge in [0.2, 0.25) is 0 Å². The summed E-state index contributed by atoms with van der Waals surface area (Å²) in [5, 5.41) is 15.1. The van der Waals surface area contributed by atoms with Gasteiger partial charge in [0.1, 0.15) is 17.7 Å². The average Bonchev–Trinajstić information content (AvgIpc) is 2.47. The number of hydrogen-bond acceptors (Lipinski definition) is 5. The van der Waals surface area contributed by atoms with E-state index in [4.69, 9.17) is 5.26 Å². The van der Waals surface area contributed by atoms with Crippen molar-refractivity contribution < 1.29 is 4.39 Å². The molecule has 2 N–H and O–H groups in total. The molecule has 0 amide bonds. The fraction of sp³-hybridized carbons (Fsp3) is 0.214. The number of hydrogen-bond donors (Lipinski definition) is 2. The van der Waals surface area contributed by atoms with E-state index in [0.717, 1.165) is 13.0 Å². The minimum Gasteiger partial charge on any atom is -0.369 e. The molecule has 0 aliphatic rings. The summed E-state index contributed by atoms with van der Waals surface area (Å²) in [6.07, 6.45) is 4.15. The van der Waals surface area contributed by atoms with Crippen molar-refractivity contribution >= 4 is 17.3 Å². The fourth-order valence-corrected chi connectivity index (χ4v) is 1.62. The van der Waals surface area contributed by atoms with Crippen LogP contribution >= 0.6 is 0 Å². The van der Waals surface area contributed by atoms with E-state index in [2.05, 4.69) is 27.5 Å². The zero-order valence-corrected chi connectivity index (χ0v) is 11.0. The second-order valence-corrected chi connectivity index (χ2v) is 4.14. The smallest absolute Gasteiger partial charge is 0.151 e. The van der Waals surface area contributed by atoms with E-state index < -0.39 is 5.82 Å². The minimum atomic E-state index is -0.448. The van der Waals surface area contributed by atoms with E-state index in [0.29, 0.717) is 17.3 Å². The van der Waals surface area contributed by atoms with E-state index in [1.165, 1.54) is 18.2 Å². The summed E-state index contributed by atoms with van der Waals surface area (Å²) in [6.45, 7) is 2.86. The first-order valence-electron chi connectivity index (χ1n) is 6.25. The molecule has 0 saturated heterocycles. The van der Waals surface area contributed by atoms with Crippen LogP contribution in [-0.2, 0) is 0 Å². The maximum atomic E-state index is 13.1. The predicted molar refractivity (Wildman–Crippen MR) is 75.2 cm³/mol. The maximum absolute atomic E-state index is 13.1. The Balaban J connectivity index is 2.20. The highest BCUT2D eigenvalue weighted by atomic mass is 19.1. The van der Waals surface area contributed by atoms with Crippen LogP contribution in [0.2, 0.25) is 0 Å². The van der Waals surface area contributed by atoms with Gasteiger partial charge in [0, 0.05) is 6.54 Å². The van der Waals surface area contributed by atoms with E-state index >= 15 is 0 Å². The van der Waals surface area contributed by atoms with Crippen molar-refractivity contribution in [1.29, 1.82) is 5.26 Å². The standard InChI is InChI=1S/C14H14FN5/c1-2-5-18-13-8-17-9-14(20-13)19-12-4-3-11(15)6-10(12)7-16/h3-4,6,8-9H,2,5H2,1H3,(H2,18,19,20). The molecule has 1 heterocycles. The number of benzene rings is 1. The molecule has 0 aliphatic heterocycles. The molecule has 1 aromatic heterocycles. The zero-order chi connectivity index (χ0) is 14.4. The molecule has 6 heteroatoms. The van der Waals surface area contributed by atoms with Crippen LogP contribution < -0.4 is 10.6 Å². The summed E-state index contributed by atoms with van der Waals surface area (Å²) < 4.78 is 13.1. The fourth-order valence-electron chi connectivity index (χ4n) is 1.62. The van der Waals surface area contributed by atoms with Gasteiger partial charge in [0.25, 0.3) is 0 Å². The highest BCUT2D eigenvalue weighted by molar-refractivity contribution is 5.64. The molecule has 1 aromatic carbocycles. The molecular formula is C14H14FN5. The van der Waals surface area contributed by atoms with Gasteiger partial charge in [-0.15, -0.1) is 0 Å². The molecule has 5 nitrogen and oxygen atoms in total. The second kappa shape index (κ2) is 6.48. The zero-order valence-electron chi connectivity index (χ0n) is 11.0. The molecule has 0 unspecified atom stereocenters. The van der Waals surface area contributed by atoms with Crippen LogP contribution in [0, 0.1) is 17.1 Å². The SMILES string of the molecule is CCCNc1cncc(Nc2ccc(F)cc2C#N)n1. The van der Waals surface area contributed by atoms with Gasteiger partial charge in [-0.2, -0.15) is 5.26 Å². The number of rotatable bonds is 5. The number of nitrogens with one attached hydrogen (secondary N) is 2. The molecule has 0 fully saturated rings. The van der Waals surface area contributed by atoms with Crippen molar-refractivity contribution in [2.75, 3.05) is 17.2 Å². The van der Waals surface area contributed by atoms with Crippen molar-refractivity contribution in [1.82, 2.24) is 9.97 Å². The largest absolute Gasteiger partial charge is 0.369 e. The third-order valence-electron chi connectivity index (χ3n) is 2.56. The van der Waals surface area contributed by atoms with Crippen molar-refractivity contribution in [2.24, 2.45) is 0 Å². The highest BCUT2D eigenvalue weighted by Crippen LogP contribution is 2.20. The number of halogens is 1. The van der Waals surface area contributed by atoms with Gasteiger partial charge in [-0.3, -0.25) is 4.98 Å². The second-order valence-electron chi connectivity index (χ2n) is 4.14. The lowest BCUT2D eigenvalue weighted by atomic mass is 10.2. The van der Waals surface area contributed by atoms with E-state index in [-0.39, 0.29) is 5.56 Å². The monoisotopic (exact) mass is 271 g/mol. The Morgan fingerprint density at radius 2 is 2.10 bits per heavy atom. The van der Waals surface area contributed by atoms with Crippen LogP contribution in [0.15, 0.2) is 30.6 Å². The Morgan fingerprint density at radius 1 is 1.30 bits per heavy atom. The topological polar surface area (TPSA) is 73.6 Å². The molecule has 0 atom stereocenters. The number of nitrogens with zero attached hydrogens (tertiary/aromatic N) is 3. The van der Waals surface area contributed by atoms with Gasteiger partial charge in [-0.05, 0) is 24.6 Å². The van der Waals surface area contributed by atoms with Gasteiger partial charge >= 0.3 is 0 Å². The molecule has 0 spiro atoms. The molecule has 0 saturated carbocycles. The van der Waals surface area contributed by atoms with Crippen LogP contribution in [0.1, 0.15) is 18.9 Å². The summed E-state index contributed by atoms with van der Waals surface area (Å²) in [5.41, 5.74) is 0.717. The van der Waals surface area contributed by atoms with E-state index in [1.807, 2.05) is 6.07 Å². The summed E-state index contributed by atoms with van der Waals surface area (Å²) in [6, 6.07) is 5.90. The van der Waals surface area contributed by atoms with E-state index in [1.54, 1.807) is 12.4 Å². The summed E-state index contributed by atoms with van der Waals surface area (Å²) in [7, 11) is 0. The molecule has 0 aliphatic carbocycles. The predicted octanol–water partition coefficient (Wildman–Crippen LogP) is 3.05. The Bertz CT molecular complexity index is 636. The summed E-state index contributed by atoms with van der Waals surface area (Å²) in [4.78, 5) is 8.38. The van der Waals surface area contributed by atoms with E-state index in [9.17, 15) is 4.39 Å². The summed E-state index contributed by atoms with van der Waals surface area (Å²) in [5.74, 6) is 0.697. The quantitative estimate of drug-likeness (QED) is 0.874. The Hall–Kier alpha value is -2.68. The lowest BCUT2D eigenvalue weighted by Gasteiger charge is -2.09. The molecule has 0 bridgehead atoms. The first-order chi connectivity index (χ1) is 9.72. The van der Waals surface area contributed by atoms with Gasteiger partial charge in [-0.25, -0.2) is 9.37 Å². The van der Waals surface area contributed by atoms with Crippen LogP contribution in [0.25, 0.3) is 0 Å². The number of anilines is 3. The average molecular weight is 271 g/mol. The first kappa shape index (κ1) is 13.7. The van der Waals surface area contributed by atoms with Gasteiger partial charge in [0.15, 0.2) is 5.82 Å². The lowest BCUT2D eigenvalue weighted by molar-refractivity contribution is 0.627. The minimum absolute atomic E-state index is 0.221. The molecule has 2 rings (SSSR count). The van der Waals surface area contributed by atoms with Gasteiger partial charge in [0.05, 0.1) is 23.6 Å². The molecule has 102 valence electrons. The normalized spacial score (nSPS) is 9.85. The van der Waals surface area contributed by atoms with Crippen molar-refractivity contribution in [3.63, 3.8) is 0 Å². The highest BCUT2D eigenvalue weighted by Gasteiger charge is 2.05. The van der Waals surface area contributed by atoms with Crippen LogP contribution in [0.3, 0.4) is 0 Å². The third kappa shape index (κ3) is 3.42. The van der Waals surface area contributed by atoms with Crippen LogP contribution in [0.5, 0.6) is 0 Å². The van der Waals surface area contributed by atoms with Crippen molar-refractivity contribution in [3.05, 3.63) is 42.0 Å². The lowest BCUT2D eigenvalue weighted by Crippen LogP contribution is -2.04. The van der Waals surface area contributed by atoms with Crippen molar-refractivity contribution in [2.45, 2.75) is 13.3 Å². The molecule has 20 heavy (non-hydrogen) atoms. The Kier molecular flexibility index (Phi) is 4.45. The Labute approximate surface area is 116 Å². The molecule has 0 radical (unpaired) electrons. The third-order valence-corrected chi connectivity index (χ3v) is 2.56. The maximum Gasteiger partial charge on any atom is 0.151 e. The number of nitriles is 1. The van der Waals surface area contributed by atoms with Gasteiger partial charge in [-0.1, -0.05) is 6.92 Å². The molecular weight excluding hydrogens is 257 g/mol.